The minimum absolute atomic E-state index is 0.0627. The molecule has 0 aromatic heterocycles. The van der Waals surface area contributed by atoms with Gasteiger partial charge in [0.1, 0.15) is 11.7 Å². The molecule has 0 saturated heterocycles. The molecule has 3 heteroatoms. The number of carbonyl (C=O) groups is 2. The van der Waals surface area contributed by atoms with Gasteiger partial charge < -0.3 is 4.74 Å². The van der Waals surface area contributed by atoms with Crippen LogP contribution in [0.3, 0.4) is 0 Å². The summed E-state index contributed by atoms with van der Waals surface area (Å²) in [5.74, 6) is -1.14. The van der Waals surface area contributed by atoms with E-state index in [9.17, 15) is 9.59 Å². The molecule has 0 fully saturated rings. The summed E-state index contributed by atoms with van der Waals surface area (Å²) >= 11 is 0. The van der Waals surface area contributed by atoms with Crippen molar-refractivity contribution in [2.24, 2.45) is 5.92 Å². The molecule has 0 saturated carbocycles. The van der Waals surface area contributed by atoms with Crippen LogP contribution in [0.4, 0.5) is 0 Å². The van der Waals surface area contributed by atoms with E-state index in [1.807, 2.05) is 30.3 Å². The lowest BCUT2D eigenvalue weighted by Gasteiger charge is -2.13. The lowest BCUT2D eigenvalue weighted by molar-refractivity contribution is -0.151. The molecule has 0 spiro atoms. The molecule has 3 nitrogen and oxygen atoms in total. The van der Waals surface area contributed by atoms with Gasteiger partial charge in [0.2, 0.25) is 0 Å². The topological polar surface area (TPSA) is 43.4 Å². The van der Waals surface area contributed by atoms with Crippen molar-refractivity contribution in [3.63, 3.8) is 0 Å². The standard InChI is InChI=1S/C14H18O3/c1-3-13(15)12(14(16)17-4-2)10-11-8-6-5-7-9-11/h5-9,12H,3-4,10H2,1-2H3. The molecule has 0 amide bonds. The van der Waals surface area contributed by atoms with Crippen LogP contribution in [0.2, 0.25) is 0 Å². The van der Waals surface area contributed by atoms with E-state index >= 15 is 0 Å². The fraction of sp³-hybridized carbons (Fsp3) is 0.429. The largest absolute Gasteiger partial charge is 0.465 e. The molecule has 0 aliphatic carbocycles. The highest BCUT2D eigenvalue weighted by molar-refractivity contribution is 5.99. The van der Waals surface area contributed by atoms with E-state index in [0.29, 0.717) is 19.4 Å². The Labute approximate surface area is 102 Å². The fourth-order valence-corrected chi connectivity index (χ4v) is 1.67. The van der Waals surface area contributed by atoms with Crippen molar-refractivity contribution < 1.29 is 14.3 Å². The predicted molar refractivity (Wildman–Crippen MR) is 65.6 cm³/mol. The third-order valence-electron chi connectivity index (χ3n) is 2.59. The third-order valence-corrected chi connectivity index (χ3v) is 2.59. The van der Waals surface area contributed by atoms with Crippen LogP contribution in [-0.4, -0.2) is 18.4 Å². The SMILES string of the molecule is CCOC(=O)C(Cc1ccccc1)C(=O)CC. The molecule has 1 rings (SSSR count). The average Bonchev–Trinajstić information content (AvgIpc) is 2.36. The summed E-state index contributed by atoms with van der Waals surface area (Å²) in [7, 11) is 0. The van der Waals surface area contributed by atoms with Crippen molar-refractivity contribution in [3.8, 4) is 0 Å². The molecule has 0 radical (unpaired) electrons. The van der Waals surface area contributed by atoms with E-state index in [-0.39, 0.29) is 5.78 Å². The summed E-state index contributed by atoms with van der Waals surface area (Å²) in [6, 6.07) is 9.52. The lowest BCUT2D eigenvalue weighted by atomic mass is 9.94. The van der Waals surface area contributed by atoms with E-state index in [2.05, 4.69) is 0 Å². The minimum Gasteiger partial charge on any atom is -0.465 e. The number of Topliss-reactive ketones (excluding diaryl/α,β-unsaturated/α-hetero) is 1. The molecule has 0 N–H and O–H groups in total. The van der Waals surface area contributed by atoms with Crippen LogP contribution >= 0.6 is 0 Å². The molecule has 1 atom stereocenters. The smallest absolute Gasteiger partial charge is 0.316 e. The molecule has 0 bridgehead atoms. The summed E-state index contributed by atoms with van der Waals surface area (Å²) in [6.07, 6.45) is 0.780. The number of hydrogen-bond acceptors (Lipinski definition) is 3. The van der Waals surface area contributed by atoms with Crippen LogP contribution in [0.5, 0.6) is 0 Å². The number of esters is 1. The van der Waals surface area contributed by atoms with Crippen LogP contribution in [0, 0.1) is 5.92 Å². The predicted octanol–water partition coefficient (Wildman–Crippen LogP) is 2.39. The quantitative estimate of drug-likeness (QED) is 0.560. The van der Waals surface area contributed by atoms with E-state index < -0.39 is 11.9 Å². The Morgan fingerprint density at radius 1 is 1.18 bits per heavy atom. The van der Waals surface area contributed by atoms with E-state index in [1.54, 1.807) is 13.8 Å². The molecule has 17 heavy (non-hydrogen) atoms. The van der Waals surface area contributed by atoms with E-state index in [0.717, 1.165) is 5.56 Å². The summed E-state index contributed by atoms with van der Waals surface area (Å²) in [6.45, 7) is 3.81. The molecule has 1 aromatic rings. The molecular weight excluding hydrogens is 216 g/mol. The van der Waals surface area contributed by atoms with Gasteiger partial charge in [-0.2, -0.15) is 0 Å². The van der Waals surface area contributed by atoms with Gasteiger partial charge in [-0.1, -0.05) is 37.3 Å². The Hall–Kier alpha value is -1.64. The fourth-order valence-electron chi connectivity index (χ4n) is 1.67. The second-order valence-electron chi connectivity index (χ2n) is 3.81. The Kier molecular flexibility index (Phi) is 5.40. The highest BCUT2D eigenvalue weighted by atomic mass is 16.5. The van der Waals surface area contributed by atoms with Gasteiger partial charge in [-0.25, -0.2) is 0 Å². The summed E-state index contributed by atoms with van der Waals surface area (Å²) in [5, 5.41) is 0. The van der Waals surface area contributed by atoms with Crippen molar-refractivity contribution in [1.82, 2.24) is 0 Å². The molecule has 1 aromatic carbocycles. The zero-order valence-electron chi connectivity index (χ0n) is 10.3. The lowest BCUT2D eigenvalue weighted by Crippen LogP contribution is -2.27. The summed E-state index contributed by atoms with van der Waals surface area (Å²) in [4.78, 5) is 23.4. The normalized spacial score (nSPS) is 11.9. The van der Waals surface area contributed by atoms with Gasteiger partial charge in [-0.05, 0) is 18.9 Å². The first kappa shape index (κ1) is 13.4. The van der Waals surface area contributed by atoms with Crippen molar-refractivity contribution in [2.75, 3.05) is 6.61 Å². The first-order valence-corrected chi connectivity index (χ1v) is 5.92. The summed E-state index contributed by atoms with van der Waals surface area (Å²) < 4.78 is 4.94. The van der Waals surface area contributed by atoms with Crippen molar-refractivity contribution >= 4 is 11.8 Å². The van der Waals surface area contributed by atoms with E-state index in [1.165, 1.54) is 0 Å². The second kappa shape index (κ2) is 6.84. The first-order valence-electron chi connectivity index (χ1n) is 5.92. The maximum atomic E-state index is 11.7. The molecule has 0 aliphatic rings. The van der Waals surface area contributed by atoms with Crippen molar-refractivity contribution in [3.05, 3.63) is 35.9 Å². The van der Waals surface area contributed by atoms with Crippen LogP contribution < -0.4 is 0 Å². The zero-order valence-corrected chi connectivity index (χ0v) is 10.3. The molecule has 0 aliphatic heterocycles. The van der Waals surface area contributed by atoms with Crippen LogP contribution in [0.25, 0.3) is 0 Å². The Balaban J connectivity index is 2.77. The number of hydrogen-bond donors (Lipinski definition) is 0. The van der Waals surface area contributed by atoms with Gasteiger partial charge >= 0.3 is 5.97 Å². The average molecular weight is 234 g/mol. The van der Waals surface area contributed by atoms with Crippen LogP contribution in [-0.2, 0) is 20.7 Å². The van der Waals surface area contributed by atoms with Gasteiger partial charge in [0, 0.05) is 6.42 Å². The van der Waals surface area contributed by atoms with Crippen molar-refractivity contribution in [1.29, 1.82) is 0 Å². The monoisotopic (exact) mass is 234 g/mol. The number of benzene rings is 1. The van der Waals surface area contributed by atoms with Crippen LogP contribution in [0.15, 0.2) is 30.3 Å². The highest BCUT2D eigenvalue weighted by Gasteiger charge is 2.26. The Morgan fingerprint density at radius 2 is 1.82 bits per heavy atom. The van der Waals surface area contributed by atoms with Gasteiger partial charge in [-0.3, -0.25) is 9.59 Å². The van der Waals surface area contributed by atoms with Gasteiger partial charge in [0.05, 0.1) is 6.61 Å². The van der Waals surface area contributed by atoms with E-state index in [4.69, 9.17) is 4.74 Å². The maximum Gasteiger partial charge on any atom is 0.316 e. The molecular formula is C14H18O3. The number of carbonyl (C=O) groups excluding carboxylic acids is 2. The molecule has 1 unspecified atom stereocenters. The first-order chi connectivity index (χ1) is 8.19. The second-order valence-corrected chi connectivity index (χ2v) is 3.81. The molecule has 0 heterocycles. The Morgan fingerprint density at radius 3 is 2.35 bits per heavy atom. The van der Waals surface area contributed by atoms with Crippen LogP contribution in [0.1, 0.15) is 25.8 Å². The Bertz CT molecular complexity index is 370. The highest BCUT2D eigenvalue weighted by Crippen LogP contribution is 2.13. The van der Waals surface area contributed by atoms with Gasteiger partial charge in [0.25, 0.3) is 0 Å². The maximum absolute atomic E-state index is 11.7. The van der Waals surface area contributed by atoms with Crippen molar-refractivity contribution in [2.45, 2.75) is 26.7 Å². The minimum atomic E-state index is -0.664. The van der Waals surface area contributed by atoms with Gasteiger partial charge in [0.15, 0.2) is 0 Å². The molecule has 92 valence electrons. The zero-order chi connectivity index (χ0) is 12.7. The van der Waals surface area contributed by atoms with Gasteiger partial charge in [-0.15, -0.1) is 0 Å². The number of ketones is 1. The number of ether oxygens (including phenoxy) is 1. The number of rotatable bonds is 6. The third kappa shape index (κ3) is 4.02. The summed E-state index contributed by atoms with van der Waals surface area (Å²) in [5.41, 5.74) is 0.979.